The maximum atomic E-state index is 3.77. The van der Waals surface area contributed by atoms with Gasteiger partial charge in [0, 0.05) is 12.6 Å². The molecule has 1 aliphatic rings. The van der Waals surface area contributed by atoms with Crippen LogP contribution in [0.2, 0.25) is 0 Å². The Morgan fingerprint density at radius 1 is 1.06 bits per heavy atom. The molecule has 1 heteroatoms. The van der Waals surface area contributed by atoms with E-state index in [9.17, 15) is 0 Å². The molecule has 102 valence electrons. The predicted octanol–water partition coefficient (Wildman–Crippen LogP) is 4.91. The Balaban J connectivity index is 1.99. The molecule has 1 unspecified atom stereocenters. The summed E-state index contributed by atoms with van der Waals surface area (Å²) in [5.74, 6) is 0. The van der Waals surface area contributed by atoms with Crippen LogP contribution in [0.25, 0.3) is 0 Å². The molecule has 0 spiro atoms. The third-order valence-corrected chi connectivity index (χ3v) is 4.73. The van der Waals surface area contributed by atoms with E-state index in [2.05, 4.69) is 26.1 Å². The molecule has 0 aromatic carbocycles. The van der Waals surface area contributed by atoms with Crippen LogP contribution in [0.3, 0.4) is 0 Å². The summed E-state index contributed by atoms with van der Waals surface area (Å²) >= 11 is 0. The first kappa shape index (κ1) is 15.0. The monoisotopic (exact) mass is 239 g/mol. The van der Waals surface area contributed by atoms with Crippen LogP contribution in [-0.2, 0) is 0 Å². The number of nitrogens with one attached hydrogen (secondary N) is 1. The summed E-state index contributed by atoms with van der Waals surface area (Å²) in [6, 6.07) is 0.723. The van der Waals surface area contributed by atoms with E-state index >= 15 is 0 Å². The molecule has 0 saturated heterocycles. The highest BCUT2D eigenvalue weighted by molar-refractivity contribution is 4.88. The molecule has 0 aliphatic heterocycles. The normalized spacial score (nSPS) is 19.9. The Labute approximate surface area is 109 Å². The second kappa shape index (κ2) is 8.13. The maximum Gasteiger partial charge on any atom is 0.00389 e. The minimum Gasteiger partial charge on any atom is -0.314 e. The first-order valence-corrected chi connectivity index (χ1v) is 7.96. The van der Waals surface area contributed by atoms with Crippen molar-refractivity contribution in [2.45, 2.75) is 91.0 Å². The lowest BCUT2D eigenvalue weighted by Crippen LogP contribution is -2.42. The third-order valence-electron chi connectivity index (χ3n) is 4.73. The quantitative estimate of drug-likeness (QED) is 0.534. The van der Waals surface area contributed by atoms with Crippen LogP contribution in [0.5, 0.6) is 0 Å². The van der Waals surface area contributed by atoms with Gasteiger partial charge in [0.05, 0.1) is 0 Å². The van der Waals surface area contributed by atoms with Gasteiger partial charge < -0.3 is 5.32 Å². The lowest BCUT2D eigenvalue weighted by atomic mass is 9.67. The Bertz CT molecular complexity index is 178. The molecule has 1 atom stereocenters. The highest BCUT2D eigenvalue weighted by atomic mass is 14.9. The summed E-state index contributed by atoms with van der Waals surface area (Å²) in [4.78, 5) is 0. The van der Waals surface area contributed by atoms with Gasteiger partial charge in [0.2, 0.25) is 0 Å². The minimum atomic E-state index is 0.677. The van der Waals surface area contributed by atoms with Crippen LogP contribution in [0.15, 0.2) is 0 Å². The van der Waals surface area contributed by atoms with Gasteiger partial charge in [-0.3, -0.25) is 0 Å². The molecule has 1 fully saturated rings. The van der Waals surface area contributed by atoms with Gasteiger partial charge in [0.25, 0.3) is 0 Å². The van der Waals surface area contributed by atoms with Gasteiger partial charge in [-0.05, 0) is 38.0 Å². The summed E-state index contributed by atoms with van der Waals surface area (Å²) in [5, 5.41) is 3.77. The zero-order valence-corrected chi connectivity index (χ0v) is 12.4. The van der Waals surface area contributed by atoms with E-state index in [1.165, 1.54) is 70.8 Å². The molecule has 17 heavy (non-hydrogen) atoms. The van der Waals surface area contributed by atoms with E-state index < -0.39 is 0 Å². The molecule has 1 rings (SSSR count). The van der Waals surface area contributed by atoms with Crippen molar-refractivity contribution in [3.8, 4) is 0 Å². The van der Waals surface area contributed by atoms with Crippen molar-refractivity contribution in [1.29, 1.82) is 0 Å². The Morgan fingerprint density at radius 2 is 1.76 bits per heavy atom. The molecule has 0 bridgehead atoms. The van der Waals surface area contributed by atoms with Crippen molar-refractivity contribution < 1.29 is 0 Å². The van der Waals surface area contributed by atoms with Crippen molar-refractivity contribution in [3.63, 3.8) is 0 Å². The molecule has 0 amide bonds. The lowest BCUT2D eigenvalue weighted by molar-refractivity contribution is 0.119. The van der Waals surface area contributed by atoms with Crippen molar-refractivity contribution in [3.05, 3.63) is 0 Å². The van der Waals surface area contributed by atoms with Crippen LogP contribution >= 0.6 is 0 Å². The number of hydrogen-bond acceptors (Lipinski definition) is 1. The third kappa shape index (κ3) is 5.42. The zero-order chi connectivity index (χ0) is 12.6. The number of rotatable bonds is 10. The zero-order valence-electron chi connectivity index (χ0n) is 12.4. The van der Waals surface area contributed by atoms with E-state index in [0.29, 0.717) is 5.41 Å². The van der Waals surface area contributed by atoms with Crippen molar-refractivity contribution in [1.82, 2.24) is 5.32 Å². The SMILES string of the molecule is CCCCCCCC(C)NCC1(CC)CCC1. The van der Waals surface area contributed by atoms with Crippen molar-refractivity contribution in [2.24, 2.45) is 5.41 Å². The van der Waals surface area contributed by atoms with Gasteiger partial charge in [0.1, 0.15) is 0 Å². The topological polar surface area (TPSA) is 12.0 Å². The van der Waals surface area contributed by atoms with Crippen LogP contribution in [-0.4, -0.2) is 12.6 Å². The van der Waals surface area contributed by atoms with E-state index in [0.717, 1.165) is 6.04 Å². The van der Waals surface area contributed by atoms with Crippen molar-refractivity contribution in [2.75, 3.05) is 6.54 Å². The Kier molecular flexibility index (Phi) is 7.18. The summed E-state index contributed by atoms with van der Waals surface area (Å²) < 4.78 is 0. The van der Waals surface area contributed by atoms with Gasteiger partial charge in [-0.25, -0.2) is 0 Å². The number of hydrogen-bond donors (Lipinski definition) is 1. The predicted molar refractivity (Wildman–Crippen MR) is 77.4 cm³/mol. The molecule has 0 heterocycles. The molecule has 1 nitrogen and oxygen atoms in total. The van der Waals surface area contributed by atoms with Gasteiger partial charge in [-0.1, -0.05) is 52.4 Å². The second-order valence-corrected chi connectivity index (χ2v) is 6.19. The molecule has 1 N–H and O–H groups in total. The van der Waals surface area contributed by atoms with E-state index in [4.69, 9.17) is 0 Å². The average molecular weight is 239 g/mol. The van der Waals surface area contributed by atoms with Crippen LogP contribution in [0.4, 0.5) is 0 Å². The fraction of sp³-hybridized carbons (Fsp3) is 1.00. The van der Waals surface area contributed by atoms with Crippen LogP contribution in [0.1, 0.15) is 85.0 Å². The largest absolute Gasteiger partial charge is 0.314 e. The summed E-state index contributed by atoms with van der Waals surface area (Å²) in [5.41, 5.74) is 0.677. The molecular weight excluding hydrogens is 206 g/mol. The average Bonchev–Trinajstić information content (AvgIpc) is 2.28. The first-order chi connectivity index (χ1) is 8.22. The van der Waals surface area contributed by atoms with Gasteiger partial charge in [-0.2, -0.15) is 0 Å². The minimum absolute atomic E-state index is 0.677. The molecular formula is C16H33N. The van der Waals surface area contributed by atoms with E-state index in [1.807, 2.05) is 0 Å². The summed E-state index contributed by atoms with van der Waals surface area (Å²) in [6.45, 7) is 8.27. The van der Waals surface area contributed by atoms with Gasteiger partial charge in [0.15, 0.2) is 0 Å². The van der Waals surface area contributed by atoms with Crippen LogP contribution in [0, 0.1) is 5.41 Å². The Morgan fingerprint density at radius 3 is 2.29 bits per heavy atom. The fourth-order valence-electron chi connectivity index (χ4n) is 2.88. The highest BCUT2D eigenvalue weighted by Gasteiger charge is 2.34. The number of unbranched alkanes of at least 4 members (excludes halogenated alkanes) is 4. The van der Waals surface area contributed by atoms with Gasteiger partial charge >= 0.3 is 0 Å². The lowest BCUT2D eigenvalue weighted by Gasteiger charge is -2.42. The summed E-state index contributed by atoms with van der Waals surface area (Å²) in [6.07, 6.45) is 14.1. The Hall–Kier alpha value is -0.0400. The molecule has 0 aromatic heterocycles. The van der Waals surface area contributed by atoms with Crippen molar-refractivity contribution >= 4 is 0 Å². The highest BCUT2D eigenvalue weighted by Crippen LogP contribution is 2.43. The van der Waals surface area contributed by atoms with Crippen LogP contribution < -0.4 is 5.32 Å². The smallest absolute Gasteiger partial charge is 0.00389 e. The maximum absolute atomic E-state index is 3.77. The standard InChI is InChI=1S/C16H33N/c1-4-6-7-8-9-11-15(3)17-14-16(5-2)12-10-13-16/h15,17H,4-14H2,1-3H3. The first-order valence-electron chi connectivity index (χ1n) is 7.96. The molecule has 0 radical (unpaired) electrons. The van der Waals surface area contributed by atoms with Gasteiger partial charge in [-0.15, -0.1) is 0 Å². The summed E-state index contributed by atoms with van der Waals surface area (Å²) in [7, 11) is 0. The van der Waals surface area contributed by atoms with E-state index in [-0.39, 0.29) is 0 Å². The molecule has 1 saturated carbocycles. The molecule has 0 aromatic rings. The molecule has 1 aliphatic carbocycles. The van der Waals surface area contributed by atoms with E-state index in [1.54, 1.807) is 0 Å². The second-order valence-electron chi connectivity index (χ2n) is 6.19. The fourth-order valence-corrected chi connectivity index (χ4v) is 2.88.